The molecule has 0 amide bonds. The molecule has 2 aromatic rings. The molecule has 18 heavy (non-hydrogen) atoms. The number of nitrogens with one attached hydrogen (secondary N) is 1. The zero-order valence-corrected chi connectivity index (χ0v) is 12.8. The summed E-state index contributed by atoms with van der Waals surface area (Å²) in [6, 6.07) is 5.13. The number of sulfonamides is 1. The Morgan fingerprint density at radius 3 is 2.83 bits per heavy atom. The van der Waals surface area contributed by atoms with Gasteiger partial charge in [0.25, 0.3) is 0 Å². The maximum atomic E-state index is 12.1. The molecule has 0 atom stereocenters. The van der Waals surface area contributed by atoms with E-state index >= 15 is 0 Å². The molecule has 0 aliphatic carbocycles. The van der Waals surface area contributed by atoms with Gasteiger partial charge in [0.15, 0.2) is 0 Å². The third-order valence-corrected chi connectivity index (χ3v) is 5.32. The van der Waals surface area contributed by atoms with Crippen molar-refractivity contribution in [1.82, 2.24) is 9.71 Å². The zero-order chi connectivity index (χ0) is 13.2. The molecule has 1 N–H and O–H groups in total. The highest BCUT2D eigenvalue weighted by Gasteiger charge is 2.17. The van der Waals surface area contributed by atoms with Crippen LogP contribution in [0.4, 0.5) is 0 Å². The fraction of sp³-hybridized carbons (Fsp3) is 0.182. The van der Waals surface area contributed by atoms with Crippen molar-refractivity contribution < 1.29 is 8.42 Å². The van der Waals surface area contributed by atoms with Crippen molar-refractivity contribution in [2.45, 2.75) is 18.4 Å². The first kappa shape index (κ1) is 13.7. The molecule has 0 bridgehead atoms. The third kappa shape index (κ3) is 3.17. The number of aromatic nitrogens is 1. The smallest absolute Gasteiger partial charge is 0.242 e. The van der Waals surface area contributed by atoms with E-state index in [1.54, 1.807) is 23.7 Å². The van der Waals surface area contributed by atoms with Crippen molar-refractivity contribution in [2.24, 2.45) is 0 Å². The van der Waals surface area contributed by atoms with Crippen molar-refractivity contribution in [2.75, 3.05) is 0 Å². The molecule has 0 aliphatic rings. The van der Waals surface area contributed by atoms with Crippen LogP contribution in [0.5, 0.6) is 0 Å². The summed E-state index contributed by atoms with van der Waals surface area (Å²) in [6.45, 7) is 2.11. The Morgan fingerprint density at radius 2 is 2.22 bits per heavy atom. The molecular weight excluding hydrogens is 336 g/mol. The van der Waals surface area contributed by atoms with Crippen LogP contribution in [0.2, 0.25) is 0 Å². The Bertz CT molecular complexity index is 639. The van der Waals surface area contributed by atoms with Gasteiger partial charge in [-0.25, -0.2) is 18.1 Å². The van der Waals surface area contributed by atoms with Crippen LogP contribution in [0, 0.1) is 6.92 Å². The number of thiazole rings is 1. The van der Waals surface area contributed by atoms with Gasteiger partial charge in [0.1, 0.15) is 0 Å². The number of halogens is 1. The second-order valence-corrected chi connectivity index (χ2v) is 7.05. The van der Waals surface area contributed by atoms with Gasteiger partial charge in [0.05, 0.1) is 22.6 Å². The Balaban J connectivity index is 2.20. The molecule has 0 radical (unpaired) electrons. The Kier molecular flexibility index (Phi) is 4.16. The van der Waals surface area contributed by atoms with Gasteiger partial charge in [-0.1, -0.05) is 6.07 Å². The third-order valence-electron chi connectivity index (χ3n) is 2.30. The molecule has 1 heterocycles. The summed E-state index contributed by atoms with van der Waals surface area (Å²) in [5.74, 6) is 0. The first-order valence-corrected chi connectivity index (χ1v) is 8.34. The topological polar surface area (TPSA) is 59.1 Å². The molecule has 0 aliphatic heterocycles. The summed E-state index contributed by atoms with van der Waals surface area (Å²) in [5, 5.41) is 1.81. The maximum absolute atomic E-state index is 12.1. The molecule has 4 nitrogen and oxygen atoms in total. The molecule has 1 aromatic heterocycles. The van der Waals surface area contributed by atoms with Gasteiger partial charge < -0.3 is 0 Å². The van der Waals surface area contributed by atoms with E-state index in [1.807, 2.05) is 12.3 Å². The molecule has 2 rings (SSSR count). The fourth-order valence-electron chi connectivity index (χ4n) is 1.40. The molecule has 96 valence electrons. The highest BCUT2D eigenvalue weighted by molar-refractivity contribution is 9.10. The normalized spacial score (nSPS) is 11.7. The van der Waals surface area contributed by atoms with Crippen LogP contribution >= 0.6 is 27.3 Å². The summed E-state index contributed by atoms with van der Waals surface area (Å²) < 4.78 is 27.3. The first-order valence-electron chi connectivity index (χ1n) is 5.12. The minimum atomic E-state index is -3.52. The Morgan fingerprint density at radius 1 is 1.44 bits per heavy atom. The van der Waals surface area contributed by atoms with Crippen molar-refractivity contribution in [3.05, 3.63) is 44.8 Å². The van der Waals surface area contributed by atoms with E-state index in [9.17, 15) is 8.42 Å². The maximum Gasteiger partial charge on any atom is 0.242 e. The number of hydrogen-bond acceptors (Lipinski definition) is 4. The second kappa shape index (κ2) is 5.48. The molecular formula is C11H11BrN2O2S2. The summed E-state index contributed by atoms with van der Waals surface area (Å²) in [5.41, 5.74) is 3.39. The van der Waals surface area contributed by atoms with E-state index in [1.165, 1.54) is 11.3 Å². The fourth-order valence-corrected chi connectivity index (χ4v) is 4.14. The van der Waals surface area contributed by atoms with E-state index in [4.69, 9.17) is 0 Å². The Labute approximate surface area is 118 Å². The largest absolute Gasteiger partial charge is 0.248 e. The molecule has 7 heteroatoms. The predicted octanol–water partition coefficient (Wildman–Crippen LogP) is 2.69. The van der Waals surface area contributed by atoms with Crippen LogP contribution in [0.1, 0.15) is 11.3 Å². The van der Waals surface area contributed by atoms with Gasteiger partial charge in [-0.3, -0.25) is 0 Å². The summed E-state index contributed by atoms with van der Waals surface area (Å²) >= 11 is 4.70. The lowest BCUT2D eigenvalue weighted by Gasteiger charge is -2.08. The van der Waals surface area contributed by atoms with Gasteiger partial charge >= 0.3 is 0 Å². The summed E-state index contributed by atoms with van der Waals surface area (Å²) in [6.07, 6.45) is 0. The van der Waals surface area contributed by atoms with Crippen LogP contribution in [-0.4, -0.2) is 13.4 Å². The minimum absolute atomic E-state index is 0.201. The van der Waals surface area contributed by atoms with Gasteiger partial charge in [-0.05, 0) is 40.5 Å². The predicted molar refractivity (Wildman–Crippen MR) is 75.0 cm³/mol. The van der Waals surface area contributed by atoms with Crippen LogP contribution < -0.4 is 4.72 Å². The minimum Gasteiger partial charge on any atom is -0.248 e. The lowest BCUT2D eigenvalue weighted by Crippen LogP contribution is -2.23. The molecule has 0 unspecified atom stereocenters. The number of aryl methyl sites for hydroxylation is 1. The second-order valence-electron chi connectivity index (χ2n) is 3.74. The lowest BCUT2D eigenvalue weighted by atomic mass is 10.2. The lowest BCUT2D eigenvalue weighted by molar-refractivity contribution is 0.580. The van der Waals surface area contributed by atoms with Crippen molar-refractivity contribution in [3.8, 4) is 0 Å². The van der Waals surface area contributed by atoms with Gasteiger partial charge in [-0.2, -0.15) is 0 Å². The SMILES string of the molecule is Cc1ccc(S(=O)(=O)NCc2cscn2)c(Br)c1. The molecule has 0 spiro atoms. The number of hydrogen-bond donors (Lipinski definition) is 1. The van der Waals surface area contributed by atoms with Crippen LogP contribution in [0.25, 0.3) is 0 Å². The van der Waals surface area contributed by atoms with Gasteiger partial charge in [0, 0.05) is 9.85 Å². The molecule has 1 aromatic carbocycles. The number of benzene rings is 1. The van der Waals surface area contributed by atoms with Crippen molar-refractivity contribution >= 4 is 37.3 Å². The summed E-state index contributed by atoms with van der Waals surface area (Å²) in [7, 11) is -3.52. The van der Waals surface area contributed by atoms with Crippen LogP contribution in [0.3, 0.4) is 0 Å². The van der Waals surface area contributed by atoms with Crippen LogP contribution in [-0.2, 0) is 16.6 Å². The molecule has 0 fully saturated rings. The Hall–Kier alpha value is -0.760. The van der Waals surface area contributed by atoms with E-state index in [0.717, 1.165) is 5.56 Å². The van der Waals surface area contributed by atoms with Crippen molar-refractivity contribution in [3.63, 3.8) is 0 Å². The average Bonchev–Trinajstić information content (AvgIpc) is 2.78. The molecule has 0 saturated carbocycles. The van der Waals surface area contributed by atoms with Crippen molar-refractivity contribution in [1.29, 1.82) is 0 Å². The number of rotatable bonds is 4. The highest BCUT2D eigenvalue weighted by Crippen LogP contribution is 2.23. The van der Waals surface area contributed by atoms with Gasteiger partial charge in [-0.15, -0.1) is 11.3 Å². The summed E-state index contributed by atoms with van der Waals surface area (Å²) in [4.78, 5) is 4.27. The van der Waals surface area contributed by atoms with Crippen LogP contribution in [0.15, 0.2) is 38.5 Å². The highest BCUT2D eigenvalue weighted by atomic mass is 79.9. The van der Waals surface area contributed by atoms with E-state index in [-0.39, 0.29) is 11.4 Å². The van der Waals surface area contributed by atoms with Gasteiger partial charge in [0.2, 0.25) is 10.0 Å². The zero-order valence-electron chi connectivity index (χ0n) is 9.55. The standard InChI is InChI=1S/C11H11BrN2O2S2/c1-8-2-3-11(10(12)4-8)18(15,16)14-5-9-6-17-7-13-9/h2-4,6-7,14H,5H2,1H3. The van der Waals surface area contributed by atoms with E-state index in [0.29, 0.717) is 10.2 Å². The monoisotopic (exact) mass is 346 g/mol. The molecule has 0 saturated heterocycles. The quantitative estimate of drug-likeness (QED) is 0.925. The first-order chi connectivity index (χ1) is 8.49. The average molecular weight is 347 g/mol. The van der Waals surface area contributed by atoms with E-state index in [2.05, 4.69) is 25.6 Å². The number of nitrogens with zero attached hydrogens (tertiary/aromatic N) is 1. The van der Waals surface area contributed by atoms with E-state index < -0.39 is 10.0 Å².